The van der Waals surface area contributed by atoms with Gasteiger partial charge in [0.25, 0.3) is 5.91 Å². The molecule has 3 aromatic rings. The molecule has 8 heteroatoms. The van der Waals surface area contributed by atoms with Crippen molar-refractivity contribution in [1.29, 1.82) is 0 Å². The Morgan fingerprint density at radius 1 is 0.821 bits per heavy atom. The largest absolute Gasteiger partial charge is 0.480 e. The zero-order valence-electron chi connectivity index (χ0n) is 22.6. The summed E-state index contributed by atoms with van der Waals surface area (Å²) in [5, 5.41) is 18.3. The quantitative estimate of drug-likeness (QED) is 0.231. The summed E-state index contributed by atoms with van der Waals surface area (Å²) in [4.78, 5) is 38.6. The van der Waals surface area contributed by atoms with Gasteiger partial charge < -0.3 is 26.8 Å². The normalized spacial score (nSPS) is 14.3. The maximum atomic E-state index is 13.4. The number of anilines is 3. The highest BCUT2D eigenvalue weighted by atomic mass is 16.4. The maximum Gasteiger partial charge on any atom is 0.326 e. The zero-order chi connectivity index (χ0) is 28.1. The van der Waals surface area contributed by atoms with E-state index in [2.05, 4.69) is 16.0 Å². The number of nitrogens with one attached hydrogen (secondary N) is 3. The van der Waals surface area contributed by atoms with E-state index in [1.807, 2.05) is 45.0 Å². The van der Waals surface area contributed by atoms with Gasteiger partial charge >= 0.3 is 12.0 Å². The van der Waals surface area contributed by atoms with Gasteiger partial charge in [-0.3, -0.25) is 4.79 Å². The zero-order valence-corrected chi connectivity index (χ0v) is 22.6. The standard InChI is InChI=1S/C31H36N4O4/c1-18-9-16-26(20(3)19(18)2)33-31(39)34-27-17-23(21-10-13-24(32)14-11-21)12-15-25(27)29(36)35-28(30(37)38)22-7-5-4-6-8-22/h9-17,22,28H,4-8,32H2,1-3H3,(H,35,36)(H,37,38)(H2,33,34,39)/t28-/m0/s1. The fourth-order valence-corrected chi connectivity index (χ4v) is 5.14. The van der Waals surface area contributed by atoms with Gasteiger partial charge in [-0.15, -0.1) is 0 Å². The molecule has 0 aromatic heterocycles. The number of amides is 3. The molecule has 0 spiro atoms. The van der Waals surface area contributed by atoms with E-state index in [9.17, 15) is 19.5 Å². The van der Waals surface area contributed by atoms with Gasteiger partial charge in [0.2, 0.25) is 0 Å². The molecular formula is C31H36N4O4. The van der Waals surface area contributed by atoms with Crippen LogP contribution in [0.25, 0.3) is 11.1 Å². The van der Waals surface area contributed by atoms with Crippen LogP contribution in [0.4, 0.5) is 21.9 Å². The lowest BCUT2D eigenvalue weighted by Crippen LogP contribution is -2.46. The van der Waals surface area contributed by atoms with E-state index in [1.165, 1.54) is 0 Å². The second-order valence-corrected chi connectivity index (χ2v) is 10.3. The molecule has 0 bridgehead atoms. The molecule has 3 aromatic carbocycles. The molecule has 39 heavy (non-hydrogen) atoms. The van der Waals surface area contributed by atoms with Crippen molar-refractivity contribution in [2.45, 2.75) is 58.9 Å². The Morgan fingerprint density at radius 3 is 2.13 bits per heavy atom. The number of aliphatic carboxylic acids is 1. The van der Waals surface area contributed by atoms with E-state index >= 15 is 0 Å². The first kappa shape index (κ1) is 27.7. The van der Waals surface area contributed by atoms with Crippen molar-refractivity contribution in [3.05, 3.63) is 76.9 Å². The van der Waals surface area contributed by atoms with Crippen molar-refractivity contribution in [2.24, 2.45) is 5.92 Å². The van der Waals surface area contributed by atoms with E-state index in [0.29, 0.717) is 11.4 Å². The fraction of sp³-hybridized carbons (Fsp3) is 0.323. The SMILES string of the molecule is Cc1ccc(NC(=O)Nc2cc(-c3ccc(N)cc3)ccc2C(=O)N[C@H](C(=O)O)C2CCCCC2)c(C)c1C. The van der Waals surface area contributed by atoms with Gasteiger partial charge in [0.1, 0.15) is 6.04 Å². The Balaban J connectivity index is 1.64. The first-order chi connectivity index (χ1) is 18.6. The smallest absolute Gasteiger partial charge is 0.326 e. The molecule has 1 saturated carbocycles. The van der Waals surface area contributed by atoms with E-state index < -0.39 is 23.9 Å². The van der Waals surface area contributed by atoms with Crippen molar-refractivity contribution < 1.29 is 19.5 Å². The number of nitrogen functional groups attached to an aromatic ring is 1. The van der Waals surface area contributed by atoms with Gasteiger partial charge in [-0.2, -0.15) is 0 Å². The lowest BCUT2D eigenvalue weighted by molar-refractivity contribution is -0.141. The number of nitrogens with two attached hydrogens (primary N) is 1. The Bertz CT molecular complexity index is 1380. The lowest BCUT2D eigenvalue weighted by atomic mass is 9.83. The van der Waals surface area contributed by atoms with Gasteiger partial charge in [0.15, 0.2) is 0 Å². The Kier molecular flexibility index (Phi) is 8.54. The highest BCUT2D eigenvalue weighted by Crippen LogP contribution is 2.30. The predicted octanol–water partition coefficient (Wildman–Crippen LogP) is 6.27. The molecule has 1 aliphatic rings. The number of carbonyl (C=O) groups excluding carboxylic acids is 2. The van der Waals surface area contributed by atoms with Crippen LogP contribution < -0.4 is 21.7 Å². The molecule has 6 N–H and O–H groups in total. The summed E-state index contributed by atoms with van der Waals surface area (Å²) in [6, 6.07) is 14.6. The third kappa shape index (κ3) is 6.57. The Labute approximate surface area is 229 Å². The first-order valence-electron chi connectivity index (χ1n) is 13.3. The molecule has 0 heterocycles. The average Bonchev–Trinajstić information content (AvgIpc) is 2.92. The molecule has 3 amide bonds. The van der Waals surface area contributed by atoms with Crippen molar-refractivity contribution in [1.82, 2.24) is 5.32 Å². The number of hydrogen-bond acceptors (Lipinski definition) is 4. The number of urea groups is 1. The third-order valence-corrected chi connectivity index (χ3v) is 7.74. The average molecular weight is 529 g/mol. The van der Waals surface area contributed by atoms with Crippen LogP contribution in [0.3, 0.4) is 0 Å². The summed E-state index contributed by atoms with van der Waals surface area (Å²) in [5.41, 5.74) is 12.4. The van der Waals surface area contributed by atoms with Crippen molar-refractivity contribution in [2.75, 3.05) is 16.4 Å². The summed E-state index contributed by atoms with van der Waals surface area (Å²) < 4.78 is 0. The number of carbonyl (C=O) groups is 3. The highest BCUT2D eigenvalue weighted by molar-refractivity contribution is 6.08. The van der Waals surface area contributed by atoms with E-state index in [1.54, 1.807) is 30.3 Å². The van der Waals surface area contributed by atoms with Gasteiger partial charge in [-0.05, 0) is 97.7 Å². The van der Waals surface area contributed by atoms with Crippen molar-refractivity contribution >= 4 is 35.0 Å². The molecule has 0 radical (unpaired) electrons. The van der Waals surface area contributed by atoms with Crippen LogP contribution in [0.5, 0.6) is 0 Å². The Morgan fingerprint density at radius 2 is 1.46 bits per heavy atom. The minimum atomic E-state index is -1.05. The van der Waals surface area contributed by atoms with Crippen LogP contribution in [0.15, 0.2) is 54.6 Å². The summed E-state index contributed by atoms with van der Waals surface area (Å²) >= 11 is 0. The van der Waals surface area contributed by atoms with Gasteiger partial charge in [-0.25, -0.2) is 9.59 Å². The number of hydrogen-bond donors (Lipinski definition) is 5. The molecule has 4 rings (SSSR count). The number of aryl methyl sites for hydroxylation is 1. The van der Waals surface area contributed by atoms with E-state index in [4.69, 9.17) is 5.73 Å². The van der Waals surface area contributed by atoms with Gasteiger partial charge in [0.05, 0.1) is 11.3 Å². The number of carboxylic acids is 1. The number of rotatable bonds is 7. The van der Waals surface area contributed by atoms with E-state index in [-0.39, 0.29) is 17.2 Å². The third-order valence-electron chi connectivity index (χ3n) is 7.74. The summed E-state index contributed by atoms with van der Waals surface area (Å²) in [5.74, 6) is -1.72. The van der Waals surface area contributed by atoms with Crippen molar-refractivity contribution in [3.8, 4) is 11.1 Å². The molecule has 0 saturated heterocycles. The van der Waals surface area contributed by atoms with E-state index in [0.717, 1.165) is 59.9 Å². The lowest BCUT2D eigenvalue weighted by Gasteiger charge is -2.28. The second kappa shape index (κ2) is 12.0. The summed E-state index contributed by atoms with van der Waals surface area (Å²) in [6.07, 6.45) is 4.50. The van der Waals surface area contributed by atoms with Crippen LogP contribution in [0, 0.1) is 26.7 Å². The second-order valence-electron chi connectivity index (χ2n) is 10.3. The minimum absolute atomic E-state index is 0.123. The molecule has 0 aliphatic heterocycles. The molecule has 204 valence electrons. The topological polar surface area (TPSA) is 134 Å². The van der Waals surface area contributed by atoms with Crippen LogP contribution in [0.2, 0.25) is 0 Å². The molecular weight excluding hydrogens is 492 g/mol. The minimum Gasteiger partial charge on any atom is -0.480 e. The molecule has 1 atom stereocenters. The maximum absolute atomic E-state index is 13.4. The van der Waals surface area contributed by atoms with Crippen molar-refractivity contribution in [3.63, 3.8) is 0 Å². The Hall–Kier alpha value is -4.33. The number of benzene rings is 3. The molecule has 8 nitrogen and oxygen atoms in total. The summed E-state index contributed by atoms with van der Waals surface area (Å²) in [7, 11) is 0. The predicted molar refractivity (Wildman–Crippen MR) is 155 cm³/mol. The molecule has 1 aliphatic carbocycles. The van der Waals surface area contributed by atoms with Crippen LogP contribution in [-0.2, 0) is 4.79 Å². The van der Waals surface area contributed by atoms with Gasteiger partial charge in [0, 0.05) is 11.4 Å². The summed E-state index contributed by atoms with van der Waals surface area (Å²) in [6.45, 7) is 5.95. The van der Waals surface area contributed by atoms with Gasteiger partial charge in [-0.1, -0.05) is 43.5 Å². The highest BCUT2D eigenvalue weighted by Gasteiger charge is 2.31. The van der Waals surface area contributed by atoms with Crippen LogP contribution >= 0.6 is 0 Å². The fourth-order valence-electron chi connectivity index (χ4n) is 5.14. The monoisotopic (exact) mass is 528 g/mol. The van der Waals surface area contributed by atoms with Crippen LogP contribution in [-0.4, -0.2) is 29.1 Å². The molecule has 1 fully saturated rings. The number of carboxylic acid groups (broad SMARTS) is 1. The first-order valence-corrected chi connectivity index (χ1v) is 13.3. The molecule has 0 unspecified atom stereocenters. The van der Waals surface area contributed by atoms with Crippen LogP contribution in [0.1, 0.15) is 59.2 Å².